The highest BCUT2D eigenvalue weighted by Crippen LogP contribution is 2.44. The minimum Gasteiger partial charge on any atom is -0.466 e. The van der Waals surface area contributed by atoms with Crippen LogP contribution >= 0.6 is 0 Å². The quantitative estimate of drug-likeness (QED) is 0.149. The van der Waals surface area contributed by atoms with Gasteiger partial charge in [0.2, 0.25) is 5.95 Å². The molecule has 0 aliphatic carbocycles. The molecule has 1 aromatic heterocycles. The Hall–Kier alpha value is -4.85. The van der Waals surface area contributed by atoms with Crippen LogP contribution in [0.15, 0.2) is 42.6 Å². The highest BCUT2D eigenvalue weighted by Gasteiger charge is 2.41. The number of nitrogens with zero attached hydrogens (tertiary/aromatic N) is 5. The molecule has 1 N–H and O–H groups in total. The number of hydrogen-bond donors (Lipinski definition) is 1. The molecule has 60 heavy (non-hydrogen) atoms. The number of anilines is 3. The number of alkyl halides is 9. The van der Waals surface area contributed by atoms with Crippen molar-refractivity contribution in [3.8, 4) is 0 Å². The van der Waals surface area contributed by atoms with Crippen molar-refractivity contribution in [1.29, 1.82) is 0 Å². The van der Waals surface area contributed by atoms with E-state index < -0.39 is 59.8 Å². The van der Waals surface area contributed by atoms with Gasteiger partial charge in [-0.05, 0) is 93.2 Å². The molecule has 4 heterocycles. The maximum atomic E-state index is 14.1. The van der Waals surface area contributed by atoms with Gasteiger partial charge in [-0.1, -0.05) is 6.92 Å². The maximum absolute atomic E-state index is 14.1. The van der Waals surface area contributed by atoms with Crippen LogP contribution in [0.1, 0.15) is 79.1 Å². The third kappa shape index (κ3) is 10.7. The van der Waals surface area contributed by atoms with Crippen LogP contribution in [0.3, 0.4) is 0 Å². The van der Waals surface area contributed by atoms with Crippen molar-refractivity contribution >= 4 is 29.4 Å². The zero-order valence-electron chi connectivity index (χ0n) is 32.9. The molecule has 2 saturated heterocycles. The number of nitrogens with one attached hydrogen (secondary N) is 1. The van der Waals surface area contributed by atoms with E-state index in [1.54, 1.807) is 18.7 Å². The Morgan fingerprint density at radius 1 is 0.833 bits per heavy atom. The van der Waals surface area contributed by atoms with E-state index in [2.05, 4.69) is 15.3 Å². The molecule has 0 saturated carbocycles. The number of fused-ring (bicyclic) bond motifs is 1. The standard InChI is InChI=1S/C40H45F9N6O5/c1-3-29-22-31(30-21-26(38(41,42)43)5-6-33(30)55(29)37(57)60-16-11-53-9-7-25(8-10-53)35(56)59-4-2)51-36-50-23-34(54-12-14-58-15-13-54)32(52-36)19-24-17-27(39(44,45)46)20-28(18-24)40(47,48)49/h5-6,17-18,20-21,23,25,29,31H,3-4,7-16,19,22H2,1-2H3,(H,50,51,52). The summed E-state index contributed by atoms with van der Waals surface area (Å²) in [5.74, 6) is -0.589. The van der Waals surface area contributed by atoms with Crippen LogP contribution in [0.2, 0.25) is 0 Å². The number of amides is 1. The van der Waals surface area contributed by atoms with Gasteiger partial charge >= 0.3 is 30.6 Å². The normalized spacial score (nSPS) is 19.5. The molecule has 328 valence electrons. The van der Waals surface area contributed by atoms with E-state index in [-0.39, 0.29) is 72.7 Å². The van der Waals surface area contributed by atoms with Crippen molar-refractivity contribution in [1.82, 2.24) is 14.9 Å². The van der Waals surface area contributed by atoms with Gasteiger partial charge in [0.25, 0.3) is 0 Å². The van der Waals surface area contributed by atoms with Crippen molar-refractivity contribution in [3.63, 3.8) is 0 Å². The second-order valence-electron chi connectivity index (χ2n) is 14.8. The Labute approximate surface area is 340 Å². The Bertz CT molecular complexity index is 1950. The zero-order valence-corrected chi connectivity index (χ0v) is 32.9. The molecule has 3 aliphatic heterocycles. The predicted octanol–water partition coefficient (Wildman–Crippen LogP) is 8.51. The molecular weight excluding hydrogens is 815 g/mol. The molecule has 2 fully saturated rings. The largest absolute Gasteiger partial charge is 0.466 e. The summed E-state index contributed by atoms with van der Waals surface area (Å²) < 4.78 is 141. The van der Waals surface area contributed by atoms with Gasteiger partial charge in [-0.15, -0.1) is 0 Å². The lowest BCUT2D eigenvalue weighted by atomic mass is 9.89. The van der Waals surface area contributed by atoms with Crippen LogP contribution in [0.5, 0.6) is 0 Å². The van der Waals surface area contributed by atoms with Gasteiger partial charge in [0.05, 0.1) is 71.7 Å². The van der Waals surface area contributed by atoms with Gasteiger partial charge in [0.15, 0.2) is 0 Å². The number of halogens is 9. The lowest BCUT2D eigenvalue weighted by Gasteiger charge is -2.40. The number of carbonyl (C=O) groups excluding carboxylic acids is 2. The molecule has 3 aliphatic rings. The number of piperidine rings is 1. The minimum atomic E-state index is -5.08. The van der Waals surface area contributed by atoms with E-state index in [0.29, 0.717) is 76.4 Å². The number of likely N-dealkylation sites (tertiary alicyclic amines) is 1. The molecule has 3 aromatic rings. The molecular formula is C40H45F9N6O5. The molecule has 0 radical (unpaired) electrons. The van der Waals surface area contributed by atoms with Crippen molar-refractivity contribution in [2.45, 2.75) is 76.6 Å². The van der Waals surface area contributed by atoms with Crippen molar-refractivity contribution < 1.29 is 63.3 Å². The zero-order chi connectivity index (χ0) is 43.4. The van der Waals surface area contributed by atoms with Gasteiger partial charge in [-0.3, -0.25) is 14.6 Å². The monoisotopic (exact) mass is 860 g/mol. The molecule has 0 spiro atoms. The summed E-state index contributed by atoms with van der Waals surface area (Å²) in [6, 6.07) is 2.73. The average Bonchev–Trinajstić information content (AvgIpc) is 3.20. The first-order valence-corrected chi connectivity index (χ1v) is 19.6. The molecule has 0 bridgehead atoms. The minimum absolute atomic E-state index is 0.0179. The summed E-state index contributed by atoms with van der Waals surface area (Å²) >= 11 is 0. The molecule has 2 aromatic carbocycles. The summed E-state index contributed by atoms with van der Waals surface area (Å²) in [6.45, 7) is 6.58. The fraction of sp³-hybridized carbons (Fsp3) is 0.550. The number of esters is 1. The third-order valence-electron chi connectivity index (χ3n) is 10.9. The molecule has 1 amide bonds. The van der Waals surface area contributed by atoms with E-state index in [9.17, 15) is 49.1 Å². The Morgan fingerprint density at radius 3 is 2.08 bits per heavy atom. The van der Waals surface area contributed by atoms with Crippen LogP contribution in [0.25, 0.3) is 0 Å². The summed E-state index contributed by atoms with van der Waals surface area (Å²) in [5.41, 5.74) is -3.67. The highest BCUT2D eigenvalue weighted by molar-refractivity contribution is 5.90. The second kappa shape index (κ2) is 18.4. The summed E-state index contributed by atoms with van der Waals surface area (Å²) in [7, 11) is 0. The van der Waals surface area contributed by atoms with E-state index in [1.165, 1.54) is 17.2 Å². The van der Waals surface area contributed by atoms with Crippen LogP contribution in [-0.4, -0.2) is 92.1 Å². The molecule has 6 rings (SSSR count). The van der Waals surface area contributed by atoms with Gasteiger partial charge < -0.3 is 24.4 Å². The van der Waals surface area contributed by atoms with Crippen LogP contribution in [0.4, 0.5) is 61.6 Å². The Morgan fingerprint density at radius 2 is 1.48 bits per heavy atom. The smallest absolute Gasteiger partial charge is 0.416 e. The SMILES string of the molecule is CCOC(=O)C1CCN(CCOC(=O)N2c3ccc(C(F)(F)F)cc3C(Nc3ncc(N4CCOCC4)c(Cc4cc(C(F)(F)F)cc(C(F)(F)F)c4)n3)CC2CC)CC1. The van der Waals surface area contributed by atoms with Crippen LogP contribution in [-0.2, 0) is 44.0 Å². The summed E-state index contributed by atoms with van der Waals surface area (Å²) in [5, 5.41) is 3.06. The average molecular weight is 861 g/mol. The molecule has 2 atom stereocenters. The fourth-order valence-electron chi connectivity index (χ4n) is 7.80. The van der Waals surface area contributed by atoms with Crippen molar-refractivity contribution in [3.05, 3.63) is 76.1 Å². The van der Waals surface area contributed by atoms with Crippen LogP contribution < -0.4 is 15.1 Å². The van der Waals surface area contributed by atoms with Crippen molar-refractivity contribution in [2.75, 3.05) is 74.3 Å². The first kappa shape index (κ1) is 44.7. The number of benzene rings is 2. The number of carbonyl (C=O) groups is 2. The number of morpholine rings is 1. The fourth-order valence-corrected chi connectivity index (χ4v) is 7.80. The van der Waals surface area contributed by atoms with Crippen LogP contribution in [0, 0.1) is 5.92 Å². The third-order valence-corrected chi connectivity index (χ3v) is 10.9. The van der Waals surface area contributed by atoms with Gasteiger partial charge in [-0.25, -0.2) is 14.8 Å². The second-order valence-corrected chi connectivity index (χ2v) is 14.8. The topological polar surface area (TPSA) is 109 Å². The lowest BCUT2D eigenvalue weighted by molar-refractivity contribution is -0.149. The number of aromatic nitrogens is 2. The number of ether oxygens (including phenoxy) is 3. The number of hydrogen-bond acceptors (Lipinski definition) is 10. The Kier molecular flexibility index (Phi) is 13.7. The van der Waals surface area contributed by atoms with Crippen molar-refractivity contribution in [2.24, 2.45) is 5.92 Å². The van der Waals surface area contributed by atoms with E-state index in [0.717, 1.165) is 12.1 Å². The highest BCUT2D eigenvalue weighted by atomic mass is 19.4. The van der Waals surface area contributed by atoms with E-state index in [4.69, 9.17) is 14.2 Å². The number of rotatable bonds is 11. The van der Waals surface area contributed by atoms with Gasteiger partial charge in [0.1, 0.15) is 6.61 Å². The van der Waals surface area contributed by atoms with Gasteiger partial charge in [-0.2, -0.15) is 39.5 Å². The lowest BCUT2D eigenvalue weighted by Crippen LogP contribution is -2.47. The molecule has 11 nitrogen and oxygen atoms in total. The first-order valence-electron chi connectivity index (χ1n) is 19.6. The molecule has 20 heteroatoms. The van der Waals surface area contributed by atoms with E-state index >= 15 is 0 Å². The van der Waals surface area contributed by atoms with E-state index in [1.807, 2.05) is 4.90 Å². The predicted molar refractivity (Wildman–Crippen MR) is 200 cm³/mol. The maximum Gasteiger partial charge on any atom is 0.416 e. The Balaban J connectivity index is 1.27. The summed E-state index contributed by atoms with van der Waals surface area (Å²) in [4.78, 5) is 39.9. The summed E-state index contributed by atoms with van der Waals surface area (Å²) in [6.07, 6.45) is -13.2. The van der Waals surface area contributed by atoms with Gasteiger partial charge in [0, 0.05) is 32.1 Å². The first-order chi connectivity index (χ1) is 28.3. The molecule has 2 unspecified atom stereocenters.